The van der Waals surface area contributed by atoms with Crippen molar-refractivity contribution in [2.24, 2.45) is 5.41 Å². The third kappa shape index (κ3) is 1.36. The molecule has 0 fully saturated rings. The van der Waals surface area contributed by atoms with E-state index in [1.165, 1.54) is 22.3 Å². The molecule has 1 heteroatoms. The Hall–Kier alpha value is -0.820. The molecule has 0 unspecified atom stereocenters. The van der Waals surface area contributed by atoms with Crippen molar-refractivity contribution in [3.63, 3.8) is 0 Å². The first kappa shape index (κ1) is 9.72. The molecule has 76 valence electrons. The molecule has 1 aromatic carbocycles. The first-order chi connectivity index (χ1) is 6.56. The van der Waals surface area contributed by atoms with Crippen LogP contribution in [0.2, 0.25) is 0 Å². The molecule has 0 spiro atoms. The number of fused-ring (bicyclic) bond motifs is 1. The number of aliphatic hydroxyl groups is 1. The van der Waals surface area contributed by atoms with Crippen LogP contribution in [0.25, 0.3) is 0 Å². The Kier molecular flexibility index (Phi) is 2.15. The predicted molar refractivity (Wildman–Crippen MR) is 58.5 cm³/mol. The molecule has 0 radical (unpaired) electrons. The standard InChI is InChI=1S/C13H18O/c1-9-4-5-11-6-13(3,8-14)7-12(11)10(9)2/h4-5,14H,6-8H2,1-3H3/t13-/m0/s1. The summed E-state index contributed by atoms with van der Waals surface area (Å²) in [7, 11) is 0. The molecule has 1 atom stereocenters. The van der Waals surface area contributed by atoms with Crippen LogP contribution in [0.1, 0.15) is 29.2 Å². The zero-order valence-corrected chi connectivity index (χ0v) is 9.22. The number of hydrogen-bond donors (Lipinski definition) is 1. The van der Waals surface area contributed by atoms with Gasteiger partial charge in [-0.1, -0.05) is 19.1 Å². The van der Waals surface area contributed by atoms with Crippen LogP contribution in [0.5, 0.6) is 0 Å². The summed E-state index contributed by atoms with van der Waals surface area (Å²) < 4.78 is 0. The van der Waals surface area contributed by atoms with E-state index in [4.69, 9.17) is 0 Å². The molecule has 1 aliphatic rings. The van der Waals surface area contributed by atoms with Crippen LogP contribution in [-0.4, -0.2) is 11.7 Å². The minimum Gasteiger partial charge on any atom is -0.396 e. The van der Waals surface area contributed by atoms with Crippen LogP contribution in [0.15, 0.2) is 12.1 Å². The largest absolute Gasteiger partial charge is 0.396 e. The number of aliphatic hydroxyl groups excluding tert-OH is 1. The van der Waals surface area contributed by atoms with Crippen molar-refractivity contribution in [2.75, 3.05) is 6.61 Å². The van der Waals surface area contributed by atoms with Crippen LogP contribution in [-0.2, 0) is 12.8 Å². The minimum atomic E-state index is 0.0842. The Labute approximate surface area is 85.8 Å². The van der Waals surface area contributed by atoms with Crippen molar-refractivity contribution in [1.29, 1.82) is 0 Å². The van der Waals surface area contributed by atoms with Crippen LogP contribution in [0, 0.1) is 19.3 Å². The van der Waals surface area contributed by atoms with Gasteiger partial charge in [0.1, 0.15) is 0 Å². The van der Waals surface area contributed by atoms with Crippen molar-refractivity contribution in [3.05, 3.63) is 34.4 Å². The fourth-order valence-corrected chi connectivity index (χ4v) is 2.40. The monoisotopic (exact) mass is 190 g/mol. The van der Waals surface area contributed by atoms with Crippen LogP contribution < -0.4 is 0 Å². The molecule has 0 saturated carbocycles. The van der Waals surface area contributed by atoms with E-state index in [1.54, 1.807) is 0 Å². The Morgan fingerprint density at radius 3 is 2.64 bits per heavy atom. The van der Waals surface area contributed by atoms with Crippen molar-refractivity contribution in [2.45, 2.75) is 33.6 Å². The Morgan fingerprint density at radius 1 is 1.29 bits per heavy atom. The van der Waals surface area contributed by atoms with Gasteiger partial charge in [-0.05, 0) is 54.4 Å². The molecule has 0 saturated heterocycles. The quantitative estimate of drug-likeness (QED) is 0.721. The van der Waals surface area contributed by atoms with E-state index in [0.717, 1.165) is 12.8 Å². The Morgan fingerprint density at radius 2 is 2.00 bits per heavy atom. The second-order valence-electron chi connectivity index (χ2n) is 4.97. The van der Waals surface area contributed by atoms with Crippen LogP contribution in [0.3, 0.4) is 0 Å². The summed E-state index contributed by atoms with van der Waals surface area (Å²) in [6, 6.07) is 4.41. The second-order valence-corrected chi connectivity index (χ2v) is 4.97. The molecule has 2 rings (SSSR count). The molecule has 0 amide bonds. The maximum atomic E-state index is 9.36. The lowest BCUT2D eigenvalue weighted by molar-refractivity contribution is 0.152. The molecule has 0 aromatic heterocycles. The lowest BCUT2D eigenvalue weighted by atomic mass is 9.88. The maximum absolute atomic E-state index is 9.36. The van der Waals surface area contributed by atoms with Gasteiger partial charge >= 0.3 is 0 Å². The summed E-state index contributed by atoms with van der Waals surface area (Å²) in [5.74, 6) is 0. The zero-order valence-electron chi connectivity index (χ0n) is 9.22. The van der Waals surface area contributed by atoms with Crippen molar-refractivity contribution < 1.29 is 5.11 Å². The Balaban J connectivity index is 2.45. The molecule has 1 N–H and O–H groups in total. The van der Waals surface area contributed by atoms with Gasteiger partial charge in [0.05, 0.1) is 0 Å². The predicted octanol–water partition coefficient (Wildman–Crippen LogP) is 2.40. The summed E-state index contributed by atoms with van der Waals surface area (Å²) in [4.78, 5) is 0. The number of rotatable bonds is 1. The van der Waals surface area contributed by atoms with Gasteiger partial charge in [-0.3, -0.25) is 0 Å². The van der Waals surface area contributed by atoms with Gasteiger partial charge in [0, 0.05) is 6.61 Å². The highest BCUT2D eigenvalue weighted by molar-refractivity contribution is 5.44. The molecule has 0 bridgehead atoms. The SMILES string of the molecule is Cc1ccc2c(c1C)C[C@@](C)(CO)C2. The lowest BCUT2D eigenvalue weighted by Gasteiger charge is -2.19. The molecular formula is C13H18O. The summed E-state index contributed by atoms with van der Waals surface area (Å²) in [5, 5.41) is 9.36. The summed E-state index contributed by atoms with van der Waals surface area (Å²) >= 11 is 0. The van der Waals surface area contributed by atoms with Gasteiger partial charge in [-0.2, -0.15) is 0 Å². The van der Waals surface area contributed by atoms with Crippen LogP contribution in [0.4, 0.5) is 0 Å². The van der Waals surface area contributed by atoms with Crippen LogP contribution >= 0.6 is 0 Å². The van der Waals surface area contributed by atoms with E-state index in [-0.39, 0.29) is 5.41 Å². The van der Waals surface area contributed by atoms with Gasteiger partial charge in [0.25, 0.3) is 0 Å². The third-order valence-electron chi connectivity index (χ3n) is 3.57. The molecule has 0 heterocycles. The molecule has 14 heavy (non-hydrogen) atoms. The van der Waals surface area contributed by atoms with Crippen molar-refractivity contribution in [1.82, 2.24) is 0 Å². The smallest absolute Gasteiger partial charge is 0.0491 e. The van der Waals surface area contributed by atoms with Gasteiger partial charge in [0.2, 0.25) is 0 Å². The fraction of sp³-hybridized carbons (Fsp3) is 0.538. The van der Waals surface area contributed by atoms with Gasteiger partial charge in [0.15, 0.2) is 0 Å². The molecule has 1 nitrogen and oxygen atoms in total. The third-order valence-corrected chi connectivity index (χ3v) is 3.57. The number of aryl methyl sites for hydroxylation is 1. The van der Waals surface area contributed by atoms with Gasteiger partial charge in [-0.15, -0.1) is 0 Å². The van der Waals surface area contributed by atoms with E-state index in [9.17, 15) is 5.11 Å². The highest BCUT2D eigenvalue weighted by Crippen LogP contribution is 2.38. The van der Waals surface area contributed by atoms with E-state index in [1.807, 2.05) is 0 Å². The van der Waals surface area contributed by atoms with Gasteiger partial charge < -0.3 is 5.11 Å². The van der Waals surface area contributed by atoms with Crippen molar-refractivity contribution in [3.8, 4) is 0 Å². The van der Waals surface area contributed by atoms with E-state index < -0.39 is 0 Å². The van der Waals surface area contributed by atoms with E-state index >= 15 is 0 Å². The van der Waals surface area contributed by atoms with Gasteiger partial charge in [-0.25, -0.2) is 0 Å². The lowest BCUT2D eigenvalue weighted by Crippen LogP contribution is -2.21. The fourth-order valence-electron chi connectivity index (χ4n) is 2.40. The molecule has 1 aliphatic carbocycles. The maximum Gasteiger partial charge on any atom is 0.0491 e. The van der Waals surface area contributed by atoms with Crippen molar-refractivity contribution >= 4 is 0 Å². The Bertz CT molecular complexity index is 368. The first-order valence-electron chi connectivity index (χ1n) is 5.24. The average molecular weight is 190 g/mol. The highest BCUT2D eigenvalue weighted by atomic mass is 16.3. The highest BCUT2D eigenvalue weighted by Gasteiger charge is 2.33. The minimum absolute atomic E-state index is 0.0842. The average Bonchev–Trinajstić information content (AvgIpc) is 2.51. The summed E-state index contributed by atoms with van der Waals surface area (Å²) in [6.45, 7) is 6.81. The van der Waals surface area contributed by atoms with E-state index in [2.05, 4.69) is 32.9 Å². The second kappa shape index (κ2) is 3.09. The first-order valence-corrected chi connectivity index (χ1v) is 5.24. The molecular weight excluding hydrogens is 172 g/mol. The molecule has 1 aromatic rings. The molecule has 0 aliphatic heterocycles. The summed E-state index contributed by atoms with van der Waals surface area (Å²) in [6.07, 6.45) is 2.06. The normalized spacial score (nSPS) is 25.1. The topological polar surface area (TPSA) is 20.2 Å². The summed E-state index contributed by atoms with van der Waals surface area (Å²) in [5.41, 5.74) is 5.78. The van der Waals surface area contributed by atoms with E-state index in [0.29, 0.717) is 6.61 Å². The number of hydrogen-bond acceptors (Lipinski definition) is 1. The number of benzene rings is 1. The zero-order chi connectivity index (χ0) is 10.3.